The summed E-state index contributed by atoms with van der Waals surface area (Å²) in [5.74, 6) is -0.904. The number of likely N-dealkylation sites (tertiary alicyclic amines) is 2. The maximum atomic E-state index is 13.8. The third-order valence-electron chi connectivity index (χ3n) is 10.3. The molecule has 0 bridgehead atoms. The monoisotopic (exact) mass is 615 g/mol. The Balaban J connectivity index is 1.24. The smallest absolute Gasteiger partial charge is 0.318 e. The first-order chi connectivity index (χ1) is 21.8. The standard InChI is InChI=1S/C34H42FN7O3/c1-24(35)31(43)42-20-19-41(22-26(42)11-15-36)30-28-10-12-34(13-17-40(18-14-34)32(44)25-7-4-3-5-8-25)21-29(28)37-33(38-30)45-23-27-9-6-16-39(27)2/h3-5,7-8,26-27H,1,6,9-14,16-23H2,2H3. The molecule has 3 aliphatic heterocycles. The van der Waals surface area contributed by atoms with Crippen molar-refractivity contribution >= 4 is 17.6 Å². The molecule has 6 rings (SSSR count). The summed E-state index contributed by atoms with van der Waals surface area (Å²) in [6.07, 6.45) is 6.67. The van der Waals surface area contributed by atoms with Gasteiger partial charge in [0.2, 0.25) is 0 Å². The van der Waals surface area contributed by atoms with Gasteiger partial charge in [-0.2, -0.15) is 15.2 Å². The molecule has 4 heterocycles. The first kappa shape index (κ1) is 31.0. The van der Waals surface area contributed by atoms with Crippen LogP contribution < -0.4 is 9.64 Å². The lowest BCUT2D eigenvalue weighted by Crippen LogP contribution is -2.55. The minimum atomic E-state index is -1.01. The Morgan fingerprint density at radius 2 is 1.87 bits per heavy atom. The van der Waals surface area contributed by atoms with Crippen LogP contribution in [0.3, 0.4) is 0 Å². The van der Waals surface area contributed by atoms with Gasteiger partial charge in [0.15, 0.2) is 5.83 Å². The number of fused-ring (bicyclic) bond motifs is 1. The fraction of sp³-hybridized carbons (Fsp3) is 0.559. The quantitative estimate of drug-likeness (QED) is 0.434. The summed E-state index contributed by atoms with van der Waals surface area (Å²) in [6, 6.07) is 11.8. The van der Waals surface area contributed by atoms with Crippen molar-refractivity contribution in [1.29, 1.82) is 5.26 Å². The maximum Gasteiger partial charge on any atom is 0.318 e. The molecule has 3 fully saturated rings. The number of piperidine rings is 1. The average Bonchev–Trinajstić information content (AvgIpc) is 3.47. The van der Waals surface area contributed by atoms with Crippen molar-refractivity contribution < 1.29 is 18.7 Å². The highest BCUT2D eigenvalue weighted by Gasteiger charge is 2.42. The number of ether oxygens (including phenoxy) is 1. The first-order valence-electron chi connectivity index (χ1n) is 16.1. The molecule has 2 aromatic rings. The summed E-state index contributed by atoms with van der Waals surface area (Å²) in [7, 11) is 2.11. The Morgan fingerprint density at radius 1 is 1.09 bits per heavy atom. The summed E-state index contributed by atoms with van der Waals surface area (Å²) in [5.41, 5.74) is 2.84. The van der Waals surface area contributed by atoms with E-state index in [0.29, 0.717) is 44.8 Å². The van der Waals surface area contributed by atoms with Gasteiger partial charge in [-0.1, -0.05) is 24.8 Å². The van der Waals surface area contributed by atoms with E-state index in [2.05, 4.69) is 29.5 Å². The molecule has 0 radical (unpaired) electrons. The number of rotatable bonds is 7. The zero-order chi connectivity index (χ0) is 31.6. The molecule has 1 aromatic carbocycles. The Kier molecular flexibility index (Phi) is 9.04. The Labute approximate surface area is 264 Å². The molecule has 45 heavy (non-hydrogen) atoms. The topological polar surface area (TPSA) is 106 Å². The predicted octanol–water partition coefficient (Wildman–Crippen LogP) is 3.77. The molecular weight excluding hydrogens is 573 g/mol. The number of piperazine rings is 1. The molecule has 2 amide bonds. The molecule has 4 aliphatic rings. The lowest BCUT2D eigenvalue weighted by molar-refractivity contribution is -0.131. The van der Waals surface area contributed by atoms with Crippen LogP contribution in [0.2, 0.25) is 0 Å². The second kappa shape index (κ2) is 13.1. The third kappa shape index (κ3) is 6.52. The number of benzene rings is 1. The SMILES string of the molecule is C=C(F)C(=O)N1CCN(c2nc(OCC3CCCN3C)nc3c2CCC2(CCN(C(=O)c4ccccc4)CC2)C3)CC1CC#N. The van der Waals surface area contributed by atoms with Crippen LogP contribution in [0.5, 0.6) is 6.01 Å². The number of nitrogens with zero attached hydrogens (tertiary/aromatic N) is 7. The molecule has 1 aromatic heterocycles. The number of carbonyl (C=O) groups is 2. The molecule has 1 aliphatic carbocycles. The zero-order valence-corrected chi connectivity index (χ0v) is 26.1. The largest absolute Gasteiger partial charge is 0.462 e. The van der Waals surface area contributed by atoms with Crippen LogP contribution in [0.15, 0.2) is 42.7 Å². The molecule has 11 heteroatoms. The van der Waals surface area contributed by atoms with Crippen molar-refractivity contribution in [3.63, 3.8) is 0 Å². The van der Waals surface area contributed by atoms with Crippen LogP contribution in [-0.4, -0.2) is 101 Å². The van der Waals surface area contributed by atoms with Gasteiger partial charge in [-0.3, -0.25) is 9.59 Å². The molecule has 1 spiro atoms. The zero-order valence-electron chi connectivity index (χ0n) is 26.1. The van der Waals surface area contributed by atoms with E-state index in [1.807, 2.05) is 35.2 Å². The van der Waals surface area contributed by atoms with Gasteiger partial charge in [0.1, 0.15) is 12.4 Å². The number of likely N-dealkylation sites (N-methyl/N-ethyl adjacent to an activating group) is 1. The van der Waals surface area contributed by atoms with Crippen molar-refractivity contribution in [1.82, 2.24) is 24.7 Å². The van der Waals surface area contributed by atoms with E-state index in [1.54, 1.807) is 0 Å². The van der Waals surface area contributed by atoms with Crippen molar-refractivity contribution in [3.05, 3.63) is 59.6 Å². The van der Waals surface area contributed by atoms with E-state index in [9.17, 15) is 19.2 Å². The van der Waals surface area contributed by atoms with Crippen molar-refractivity contribution in [2.24, 2.45) is 5.41 Å². The number of amides is 2. The van der Waals surface area contributed by atoms with Gasteiger partial charge < -0.3 is 24.3 Å². The third-order valence-corrected chi connectivity index (χ3v) is 10.3. The van der Waals surface area contributed by atoms with E-state index in [1.165, 1.54) is 4.90 Å². The van der Waals surface area contributed by atoms with E-state index in [0.717, 1.165) is 74.1 Å². The Morgan fingerprint density at radius 3 is 2.56 bits per heavy atom. The summed E-state index contributed by atoms with van der Waals surface area (Å²) >= 11 is 0. The van der Waals surface area contributed by atoms with Crippen LogP contribution >= 0.6 is 0 Å². The van der Waals surface area contributed by atoms with Crippen LogP contribution in [0.4, 0.5) is 10.2 Å². The van der Waals surface area contributed by atoms with Crippen molar-refractivity contribution in [2.75, 3.05) is 57.8 Å². The van der Waals surface area contributed by atoms with Crippen molar-refractivity contribution in [3.8, 4) is 12.1 Å². The van der Waals surface area contributed by atoms with E-state index in [4.69, 9.17) is 14.7 Å². The molecule has 3 saturated heterocycles. The second-order valence-electron chi connectivity index (χ2n) is 13.0. The highest BCUT2D eigenvalue weighted by Crippen LogP contribution is 2.45. The van der Waals surface area contributed by atoms with Crippen molar-refractivity contribution in [2.45, 2.75) is 63.5 Å². The minimum Gasteiger partial charge on any atom is -0.462 e. The molecule has 0 N–H and O–H groups in total. The number of carbonyl (C=O) groups excluding carboxylic acids is 2. The molecule has 10 nitrogen and oxygen atoms in total. The number of hydrogen-bond acceptors (Lipinski definition) is 8. The van der Waals surface area contributed by atoms with Gasteiger partial charge in [0, 0.05) is 49.9 Å². The van der Waals surface area contributed by atoms with Crippen LogP contribution in [0.25, 0.3) is 0 Å². The van der Waals surface area contributed by atoms with Crippen LogP contribution in [0, 0.1) is 16.7 Å². The highest BCUT2D eigenvalue weighted by molar-refractivity contribution is 5.94. The molecule has 2 unspecified atom stereocenters. The second-order valence-corrected chi connectivity index (χ2v) is 13.0. The summed E-state index contributed by atoms with van der Waals surface area (Å²) in [5, 5.41) is 9.51. The first-order valence-corrected chi connectivity index (χ1v) is 16.1. The van der Waals surface area contributed by atoms with Gasteiger partial charge in [-0.25, -0.2) is 4.39 Å². The molecule has 0 saturated carbocycles. The van der Waals surface area contributed by atoms with E-state index >= 15 is 0 Å². The number of aromatic nitrogens is 2. The number of halogens is 1. The van der Waals surface area contributed by atoms with Gasteiger partial charge >= 0.3 is 6.01 Å². The van der Waals surface area contributed by atoms with Gasteiger partial charge in [0.25, 0.3) is 11.8 Å². The normalized spacial score (nSPS) is 23.0. The molecule has 238 valence electrons. The van der Waals surface area contributed by atoms with Gasteiger partial charge in [0.05, 0.1) is 24.2 Å². The van der Waals surface area contributed by atoms with Crippen LogP contribution in [0.1, 0.15) is 60.1 Å². The lowest BCUT2D eigenvalue weighted by Gasteiger charge is -2.45. The summed E-state index contributed by atoms with van der Waals surface area (Å²) in [4.78, 5) is 43.4. The number of anilines is 1. The Hall–Kier alpha value is -4.04. The maximum absolute atomic E-state index is 13.8. The van der Waals surface area contributed by atoms with Gasteiger partial charge in [-0.05, 0) is 76.1 Å². The van der Waals surface area contributed by atoms with Crippen LogP contribution in [-0.2, 0) is 17.6 Å². The Bertz CT molecular complexity index is 1470. The predicted molar refractivity (Wildman–Crippen MR) is 167 cm³/mol. The summed E-state index contributed by atoms with van der Waals surface area (Å²) < 4.78 is 20.1. The lowest BCUT2D eigenvalue weighted by atomic mass is 9.67. The fourth-order valence-corrected chi connectivity index (χ4v) is 7.54. The van der Waals surface area contributed by atoms with E-state index < -0.39 is 17.8 Å². The highest BCUT2D eigenvalue weighted by atomic mass is 19.1. The van der Waals surface area contributed by atoms with E-state index in [-0.39, 0.29) is 24.3 Å². The number of hydrogen-bond donors (Lipinski definition) is 0. The molecule has 2 atom stereocenters. The molecular formula is C34H42FN7O3. The minimum absolute atomic E-state index is 0.0466. The fourth-order valence-electron chi connectivity index (χ4n) is 7.54. The average molecular weight is 616 g/mol. The number of nitriles is 1. The van der Waals surface area contributed by atoms with Gasteiger partial charge in [-0.15, -0.1) is 0 Å². The summed E-state index contributed by atoms with van der Waals surface area (Å²) in [6.45, 7) is 7.25.